The smallest absolute Gasteiger partial charge is 0.246 e. The molecule has 0 fully saturated rings. The van der Waals surface area contributed by atoms with Gasteiger partial charge < -0.3 is 14.4 Å². The van der Waals surface area contributed by atoms with Gasteiger partial charge in [0.1, 0.15) is 6.54 Å². The van der Waals surface area contributed by atoms with Crippen LogP contribution in [0.15, 0.2) is 23.0 Å². The zero-order valence-corrected chi connectivity index (χ0v) is 13.6. The average molecular weight is 290 g/mol. The number of nitrogens with zero attached hydrogens (tertiary/aromatic N) is 3. The van der Waals surface area contributed by atoms with Crippen LogP contribution in [0.3, 0.4) is 0 Å². The van der Waals surface area contributed by atoms with Gasteiger partial charge in [-0.25, -0.2) is 0 Å². The van der Waals surface area contributed by atoms with E-state index < -0.39 is 0 Å². The van der Waals surface area contributed by atoms with Crippen LogP contribution in [0.4, 0.5) is 0 Å². The lowest BCUT2D eigenvalue weighted by molar-refractivity contribution is 0.364. The van der Waals surface area contributed by atoms with E-state index in [0.717, 1.165) is 12.4 Å². The molecular formula is C16H26N4O. The second kappa shape index (κ2) is 6.89. The Hall–Kier alpha value is -1.62. The van der Waals surface area contributed by atoms with E-state index >= 15 is 0 Å². The first kappa shape index (κ1) is 15.8. The molecule has 1 unspecified atom stereocenters. The minimum Gasteiger partial charge on any atom is -0.345 e. The van der Waals surface area contributed by atoms with Gasteiger partial charge in [-0.2, -0.15) is 4.98 Å². The van der Waals surface area contributed by atoms with Crippen molar-refractivity contribution in [2.75, 3.05) is 6.54 Å². The first-order valence-corrected chi connectivity index (χ1v) is 7.72. The molecule has 5 heteroatoms. The third-order valence-corrected chi connectivity index (χ3v) is 3.54. The van der Waals surface area contributed by atoms with Crippen molar-refractivity contribution in [3.8, 4) is 0 Å². The summed E-state index contributed by atoms with van der Waals surface area (Å²) in [5.74, 6) is 2.27. The summed E-state index contributed by atoms with van der Waals surface area (Å²) in [6.45, 7) is 12.3. The number of aromatic nitrogens is 3. The molecule has 0 aliphatic heterocycles. The van der Waals surface area contributed by atoms with Gasteiger partial charge in [0.05, 0.1) is 0 Å². The SMILES string of the molecule is CCNC(c1ccn(Cc2nc(C(C)C)no2)c1)C(C)C. The molecule has 21 heavy (non-hydrogen) atoms. The lowest BCUT2D eigenvalue weighted by Crippen LogP contribution is -2.25. The summed E-state index contributed by atoms with van der Waals surface area (Å²) in [7, 11) is 0. The molecule has 0 bridgehead atoms. The monoisotopic (exact) mass is 290 g/mol. The fourth-order valence-electron chi connectivity index (χ4n) is 2.42. The quantitative estimate of drug-likeness (QED) is 0.849. The van der Waals surface area contributed by atoms with E-state index in [4.69, 9.17) is 4.52 Å². The summed E-state index contributed by atoms with van der Waals surface area (Å²) in [6, 6.07) is 2.54. The minimum absolute atomic E-state index is 0.293. The zero-order valence-electron chi connectivity index (χ0n) is 13.6. The van der Waals surface area contributed by atoms with Gasteiger partial charge in [-0.05, 0) is 24.1 Å². The lowest BCUT2D eigenvalue weighted by atomic mass is 9.98. The number of rotatable bonds is 7. The Morgan fingerprint density at radius 1 is 1.29 bits per heavy atom. The van der Waals surface area contributed by atoms with Crippen molar-refractivity contribution < 1.29 is 4.52 Å². The van der Waals surface area contributed by atoms with Crippen LogP contribution in [-0.2, 0) is 6.54 Å². The molecule has 2 aromatic rings. The second-order valence-corrected chi connectivity index (χ2v) is 6.10. The molecular weight excluding hydrogens is 264 g/mol. The van der Waals surface area contributed by atoms with Gasteiger partial charge in [-0.3, -0.25) is 0 Å². The Morgan fingerprint density at radius 2 is 2.05 bits per heavy atom. The Labute approximate surface area is 126 Å². The van der Waals surface area contributed by atoms with Gasteiger partial charge in [0.2, 0.25) is 5.89 Å². The van der Waals surface area contributed by atoms with Crippen molar-refractivity contribution in [3.63, 3.8) is 0 Å². The summed E-state index contributed by atoms with van der Waals surface area (Å²) < 4.78 is 7.39. The molecule has 0 saturated heterocycles. The maximum Gasteiger partial charge on any atom is 0.246 e. The van der Waals surface area contributed by atoms with E-state index in [0.29, 0.717) is 30.3 Å². The predicted molar refractivity (Wildman–Crippen MR) is 83.2 cm³/mol. The summed E-state index contributed by atoms with van der Waals surface area (Å²) in [6.07, 6.45) is 4.23. The Morgan fingerprint density at radius 3 is 2.62 bits per heavy atom. The van der Waals surface area contributed by atoms with E-state index in [1.807, 2.05) is 0 Å². The van der Waals surface area contributed by atoms with Gasteiger partial charge in [-0.15, -0.1) is 0 Å². The summed E-state index contributed by atoms with van der Waals surface area (Å²) in [5.41, 5.74) is 1.30. The fourth-order valence-corrected chi connectivity index (χ4v) is 2.42. The van der Waals surface area contributed by atoms with Gasteiger partial charge in [-0.1, -0.05) is 39.8 Å². The molecule has 5 nitrogen and oxygen atoms in total. The van der Waals surface area contributed by atoms with E-state index in [1.54, 1.807) is 0 Å². The normalized spacial score (nSPS) is 13.3. The molecule has 0 saturated carbocycles. The highest BCUT2D eigenvalue weighted by molar-refractivity contribution is 5.16. The van der Waals surface area contributed by atoms with Crippen LogP contribution in [0.1, 0.15) is 63.9 Å². The Kier molecular flexibility index (Phi) is 5.17. The van der Waals surface area contributed by atoms with Crippen molar-refractivity contribution >= 4 is 0 Å². The molecule has 2 heterocycles. The number of nitrogens with one attached hydrogen (secondary N) is 1. The van der Waals surface area contributed by atoms with Crippen molar-refractivity contribution in [1.82, 2.24) is 20.0 Å². The molecule has 0 radical (unpaired) electrons. The Bertz CT molecular complexity index is 556. The maximum absolute atomic E-state index is 5.30. The Balaban J connectivity index is 2.08. The molecule has 0 aliphatic carbocycles. The van der Waals surface area contributed by atoms with Crippen molar-refractivity contribution in [2.45, 2.75) is 53.1 Å². The standard InChI is InChI=1S/C16H26N4O/c1-6-17-15(11(2)3)13-7-8-20(9-13)10-14-18-16(12(4)5)19-21-14/h7-9,11-12,15,17H,6,10H2,1-5H3. The molecule has 1 N–H and O–H groups in total. The zero-order chi connectivity index (χ0) is 15.4. The van der Waals surface area contributed by atoms with Gasteiger partial charge in [0, 0.05) is 24.4 Å². The highest BCUT2D eigenvalue weighted by Gasteiger charge is 2.16. The molecule has 2 aromatic heterocycles. The lowest BCUT2D eigenvalue weighted by Gasteiger charge is -2.20. The van der Waals surface area contributed by atoms with Crippen molar-refractivity contribution in [3.05, 3.63) is 35.7 Å². The molecule has 0 amide bonds. The van der Waals surface area contributed by atoms with E-state index in [2.05, 4.69) is 73.1 Å². The third-order valence-electron chi connectivity index (χ3n) is 3.54. The summed E-state index contributed by atoms with van der Waals surface area (Å²) in [5, 5.41) is 7.53. The van der Waals surface area contributed by atoms with Crippen LogP contribution in [0.2, 0.25) is 0 Å². The fraction of sp³-hybridized carbons (Fsp3) is 0.625. The molecule has 116 valence electrons. The topological polar surface area (TPSA) is 55.9 Å². The summed E-state index contributed by atoms with van der Waals surface area (Å²) >= 11 is 0. The number of hydrogen-bond acceptors (Lipinski definition) is 4. The highest BCUT2D eigenvalue weighted by Crippen LogP contribution is 2.22. The van der Waals surface area contributed by atoms with Crippen LogP contribution in [0, 0.1) is 5.92 Å². The largest absolute Gasteiger partial charge is 0.345 e. The summed E-state index contributed by atoms with van der Waals surface area (Å²) in [4.78, 5) is 4.42. The van der Waals surface area contributed by atoms with Crippen LogP contribution in [0.25, 0.3) is 0 Å². The average Bonchev–Trinajstić information content (AvgIpc) is 3.05. The van der Waals surface area contributed by atoms with Crippen molar-refractivity contribution in [1.29, 1.82) is 0 Å². The maximum atomic E-state index is 5.30. The van der Waals surface area contributed by atoms with E-state index in [1.165, 1.54) is 5.56 Å². The molecule has 2 rings (SSSR count). The minimum atomic E-state index is 0.293. The first-order chi connectivity index (χ1) is 10.0. The number of hydrogen-bond donors (Lipinski definition) is 1. The second-order valence-electron chi connectivity index (χ2n) is 6.10. The molecule has 0 aliphatic rings. The van der Waals surface area contributed by atoms with E-state index in [9.17, 15) is 0 Å². The van der Waals surface area contributed by atoms with Crippen LogP contribution in [-0.4, -0.2) is 21.3 Å². The highest BCUT2D eigenvalue weighted by atomic mass is 16.5. The molecule has 0 aromatic carbocycles. The van der Waals surface area contributed by atoms with E-state index in [-0.39, 0.29) is 0 Å². The first-order valence-electron chi connectivity index (χ1n) is 7.72. The van der Waals surface area contributed by atoms with Gasteiger partial charge >= 0.3 is 0 Å². The molecule has 1 atom stereocenters. The van der Waals surface area contributed by atoms with Crippen LogP contribution >= 0.6 is 0 Å². The molecule has 0 spiro atoms. The van der Waals surface area contributed by atoms with Gasteiger partial charge in [0.25, 0.3) is 0 Å². The van der Waals surface area contributed by atoms with Crippen LogP contribution in [0.5, 0.6) is 0 Å². The van der Waals surface area contributed by atoms with Crippen LogP contribution < -0.4 is 5.32 Å². The predicted octanol–water partition coefficient (Wildman–Crippen LogP) is 3.35. The van der Waals surface area contributed by atoms with Gasteiger partial charge in [0.15, 0.2) is 5.82 Å². The van der Waals surface area contributed by atoms with Crippen molar-refractivity contribution in [2.24, 2.45) is 5.92 Å². The third kappa shape index (κ3) is 3.94.